The number of hydrogen-bond acceptors (Lipinski definition) is 3. The molecule has 4 nitrogen and oxygen atoms in total. The van der Waals surface area contributed by atoms with E-state index in [1.54, 1.807) is 6.08 Å². The maximum Gasteiger partial charge on any atom is 0.220 e. The summed E-state index contributed by atoms with van der Waals surface area (Å²) in [5.74, 6) is -0.0759. The van der Waals surface area contributed by atoms with Crippen LogP contribution in [0.2, 0.25) is 0 Å². The predicted molar refractivity (Wildman–Crippen MR) is 189 cm³/mol. The zero-order valence-corrected chi connectivity index (χ0v) is 29.2. The number of carbonyl (C=O) groups is 1. The van der Waals surface area contributed by atoms with Gasteiger partial charge in [-0.2, -0.15) is 0 Å². The standard InChI is InChI=1S/C39H77NO3/c1-3-5-7-9-10-11-12-13-14-15-16-17-18-19-20-21-22-23-24-25-26-27-28-29-31-32-34-38(42)37(36-41)40-39(43)35-33-30-8-6-4-2/h32,34,37-38,41-42H,3-31,33,35-36H2,1-2H3,(H,40,43)/b34-32+. The van der Waals surface area contributed by atoms with Gasteiger partial charge in [-0.05, 0) is 19.3 Å². The summed E-state index contributed by atoms with van der Waals surface area (Å²) >= 11 is 0. The van der Waals surface area contributed by atoms with Gasteiger partial charge < -0.3 is 15.5 Å². The number of hydrogen-bond donors (Lipinski definition) is 3. The topological polar surface area (TPSA) is 69.6 Å². The molecule has 0 aromatic heterocycles. The van der Waals surface area contributed by atoms with Crippen molar-refractivity contribution in [2.75, 3.05) is 6.61 Å². The fourth-order valence-corrected chi connectivity index (χ4v) is 6.00. The van der Waals surface area contributed by atoms with Crippen LogP contribution in [0.25, 0.3) is 0 Å². The Morgan fingerprint density at radius 2 is 0.860 bits per heavy atom. The number of carbonyl (C=O) groups excluding carboxylic acids is 1. The molecule has 0 fully saturated rings. The second-order valence-corrected chi connectivity index (χ2v) is 13.4. The Kier molecular flexibility index (Phi) is 34.9. The quantitative estimate of drug-likeness (QED) is 0.0496. The Balaban J connectivity index is 3.40. The Morgan fingerprint density at radius 3 is 1.21 bits per heavy atom. The molecular weight excluding hydrogens is 530 g/mol. The summed E-state index contributed by atoms with van der Waals surface area (Å²) in [6.45, 7) is 4.23. The van der Waals surface area contributed by atoms with E-state index < -0.39 is 12.1 Å². The molecule has 0 aromatic rings. The molecule has 256 valence electrons. The van der Waals surface area contributed by atoms with Crippen LogP contribution in [-0.2, 0) is 4.79 Å². The van der Waals surface area contributed by atoms with Crippen molar-refractivity contribution in [1.82, 2.24) is 5.32 Å². The number of aliphatic hydroxyl groups is 2. The van der Waals surface area contributed by atoms with Crippen molar-refractivity contribution in [1.29, 1.82) is 0 Å². The summed E-state index contributed by atoms with van der Waals surface area (Å²) in [6, 6.07) is -0.612. The minimum atomic E-state index is -0.830. The number of nitrogens with one attached hydrogen (secondary N) is 1. The zero-order chi connectivity index (χ0) is 31.5. The second-order valence-electron chi connectivity index (χ2n) is 13.4. The first kappa shape index (κ1) is 42.1. The first-order valence-electron chi connectivity index (χ1n) is 19.4. The molecule has 0 saturated carbocycles. The molecule has 0 bridgehead atoms. The fourth-order valence-electron chi connectivity index (χ4n) is 6.00. The van der Waals surface area contributed by atoms with Gasteiger partial charge in [0.2, 0.25) is 5.91 Å². The second kappa shape index (κ2) is 35.6. The van der Waals surface area contributed by atoms with Gasteiger partial charge >= 0.3 is 0 Å². The molecule has 1 amide bonds. The smallest absolute Gasteiger partial charge is 0.220 e. The molecule has 2 atom stereocenters. The highest BCUT2D eigenvalue weighted by atomic mass is 16.3. The third-order valence-electron chi connectivity index (χ3n) is 9.02. The average Bonchev–Trinajstić information content (AvgIpc) is 3.01. The van der Waals surface area contributed by atoms with E-state index in [0.29, 0.717) is 6.42 Å². The molecule has 0 rings (SSSR count). The van der Waals surface area contributed by atoms with Crippen LogP contribution in [0, 0.1) is 0 Å². The van der Waals surface area contributed by atoms with Crippen molar-refractivity contribution in [2.24, 2.45) is 0 Å². The van der Waals surface area contributed by atoms with Crippen LogP contribution < -0.4 is 5.32 Å². The van der Waals surface area contributed by atoms with E-state index in [1.165, 1.54) is 161 Å². The van der Waals surface area contributed by atoms with Crippen LogP contribution >= 0.6 is 0 Å². The van der Waals surface area contributed by atoms with Crippen LogP contribution in [-0.4, -0.2) is 34.9 Å². The lowest BCUT2D eigenvalue weighted by Crippen LogP contribution is -2.45. The fraction of sp³-hybridized carbons (Fsp3) is 0.923. The van der Waals surface area contributed by atoms with Crippen LogP contribution in [0.4, 0.5) is 0 Å². The minimum absolute atomic E-state index is 0.0759. The normalized spacial score (nSPS) is 13.1. The highest BCUT2D eigenvalue weighted by molar-refractivity contribution is 5.76. The molecule has 2 unspecified atom stereocenters. The van der Waals surface area contributed by atoms with Crippen molar-refractivity contribution in [3.05, 3.63) is 12.2 Å². The molecule has 0 heterocycles. The lowest BCUT2D eigenvalue weighted by atomic mass is 10.0. The van der Waals surface area contributed by atoms with Crippen molar-refractivity contribution in [2.45, 2.75) is 225 Å². The average molecular weight is 608 g/mol. The molecule has 0 aliphatic heterocycles. The van der Waals surface area contributed by atoms with Gasteiger partial charge in [-0.1, -0.05) is 199 Å². The lowest BCUT2D eigenvalue weighted by molar-refractivity contribution is -0.123. The molecular formula is C39H77NO3. The molecule has 0 spiro atoms. The molecule has 0 aromatic carbocycles. The summed E-state index contributed by atoms with van der Waals surface area (Å²) in [7, 11) is 0. The largest absolute Gasteiger partial charge is 0.394 e. The summed E-state index contributed by atoms with van der Waals surface area (Å²) in [6.07, 6.45) is 43.5. The molecule has 0 aliphatic rings. The van der Waals surface area contributed by atoms with Crippen LogP contribution in [0.5, 0.6) is 0 Å². The van der Waals surface area contributed by atoms with Crippen LogP contribution in [0.15, 0.2) is 12.2 Å². The van der Waals surface area contributed by atoms with E-state index in [9.17, 15) is 15.0 Å². The van der Waals surface area contributed by atoms with Crippen molar-refractivity contribution in [3.8, 4) is 0 Å². The first-order valence-corrected chi connectivity index (χ1v) is 19.4. The summed E-state index contributed by atoms with van der Waals surface area (Å²) in [5, 5.41) is 22.7. The predicted octanol–water partition coefficient (Wildman–Crippen LogP) is 11.5. The Hall–Kier alpha value is -0.870. The van der Waals surface area contributed by atoms with E-state index in [-0.39, 0.29) is 12.5 Å². The van der Waals surface area contributed by atoms with Gasteiger partial charge in [0.15, 0.2) is 0 Å². The van der Waals surface area contributed by atoms with E-state index >= 15 is 0 Å². The Bertz CT molecular complexity index is 579. The highest BCUT2D eigenvalue weighted by Gasteiger charge is 2.17. The monoisotopic (exact) mass is 608 g/mol. The van der Waals surface area contributed by atoms with E-state index in [4.69, 9.17) is 0 Å². The summed E-state index contributed by atoms with van der Waals surface area (Å²) < 4.78 is 0. The lowest BCUT2D eigenvalue weighted by Gasteiger charge is -2.20. The Morgan fingerprint density at radius 1 is 0.535 bits per heavy atom. The molecule has 0 radical (unpaired) electrons. The van der Waals surface area contributed by atoms with Crippen LogP contribution in [0.1, 0.15) is 213 Å². The third kappa shape index (κ3) is 32.3. The number of rotatable bonds is 35. The zero-order valence-electron chi connectivity index (χ0n) is 29.2. The molecule has 0 aliphatic carbocycles. The number of unbranched alkanes of at least 4 members (excludes halogenated alkanes) is 28. The van der Waals surface area contributed by atoms with Gasteiger partial charge in [0.1, 0.15) is 0 Å². The summed E-state index contributed by atoms with van der Waals surface area (Å²) in [5.41, 5.74) is 0. The van der Waals surface area contributed by atoms with E-state index in [0.717, 1.165) is 32.1 Å². The van der Waals surface area contributed by atoms with Gasteiger partial charge in [0, 0.05) is 6.42 Å². The van der Waals surface area contributed by atoms with Gasteiger partial charge in [0.05, 0.1) is 18.8 Å². The summed E-state index contributed by atoms with van der Waals surface area (Å²) in [4.78, 5) is 12.1. The van der Waals surface area contributed by atoms with Gasteiger partial charge in [-0.3, -0.25) is 4.79 Å². The van der Waals surface area contributed by atoms with Crippen molar-refractivity contribution < 1.29 is 15.0 Å². The number of amides is 1. The van der Waals surface area contributed by atoms with Gasteiger partial charge in [-0.15, -0.1) is 0 Å². The molecule has 0 saturated heterocycles. The third-order valence-corrected chi connectivity index (χ3v) is 9.02. The SMILES string of the molecule is CCCCCCCCCCCCCCCCCCCCCCCCCC/C=C/C(O)C(CO)NC(=O)CCCCCCC. The van der Waals surface area contributed by atoms with Gasteiger partial charge in [0.25, 0.3) is 0 Å². The maximum absolute atomic E-state index is 12.1. The van der Waals surface area contributed by atoms with E-state index in [2.05, 4.69) is 19.2 Å². The number of aliphatic hydroxyl groups excluding tert-OH is 2. The first-order chi connectivity index (χ1) is 21.2. The Labute approximate surface area is 269 Å². The van der Waals surface area contributed by atoms with Crippen molar-refractivity contribution in [3.63, 3.8) is 0 Å². The van der Waals surface area contributed by atoms with E-state index in [1.807, 2.05) is 6.08 Å². The molecule has 3 N–H and O–H groups in total. The van der Waals surface area contributed by atoms with Crippen molar-refractivity contribution >= 4 is 5.91 Å². The minimum Gasteiger partial charge on any atom is -0.394 e. The molecule has 4 heteroatoms. The molecule has 43 heavy (non-hydrogen) atoms. The number of allylic oxidation sites excluding steroid dienone is 1. The maximum atomic E-state index is 12.1. The highest BCUT2D eigenvalue weighted by Crippen LogP contribution is 2.16. The van der Waals surface area contributed by atoms with Gasteiger partial charge in [-0.25, -0.2) is 0 Å². The van der Waals surface area contributed by atoms with Crippen LogP contribution in [0.3, 0.4) is 0 Å².